The van der Waals surface area contributed by atoms with Crippen LogP contribution in [0.25, 0.3) is 28.1 Å². The van der Waals surface area contributed by atoms with E-state index in [2.05, 4.69) is 28.4 Å². The van der Waals surface area contributed by atoms with E-state index in [1.807, 2.05) is 6.92 Å². The molecule has 0 saturated carbocycles. The van der Waals surface area contributed by atoms with Gasteiger partial charge in [0.2, 0.25) is 11.8 Å². The van der Waals surface area contributed by atoms with Gasteiger partial charge in [-0.15, -0.1) is 6.58 Å². The van der Waals surface area contributed by atoms with Gasteiger partial charge in [0.25, 0.3) is 0 Å². The van der Waals surface area contributed by atoms with Gasteiger partial charge in [-0.25, -0.2) is 9.97 Å². The predicted molar refractivity (Wildman–Crippen MR) is 140 cm³/mol. The number of nitrogens with zero attached hydrogens (tertiary/aromatic N) is 3. The highest BCUT2D eigenvalue weighted by Gasteiger charge is 2.33. The summed E-state index contributed by atoms with van der Waals surface area (Å²) >= 11 is 0. The SMILES string of the molecule is C=C[C@H](N)c1oc(-c2ccc(OC)c3nc(C(F)(F)F)ccc23)nc1C(=C)N[C@@H](C)CC(=O)N1CCOCC1. The van der Waals surface area contributed by atoms with Crippen molar-refractivity contribution < 1.29 is 31.9 Å². The molecule has 1 fully saturated rings. The number of oxazole rings is 1. The molecule has 39 heavy (non-hydrogen) atoms. The molecule has 2 atom stereocenters. The Morgan fingerprint density at radius 3 is 2.62 bits per heavy atom. The number of aromatic nitrogens is 2. The van der Waals surface area contributed by atoms with Crippen molar-refractivity contribution in [1.82, 2.24) is 20.2 Å². The van der Waals surface area contributed by atoms with Gasteiger partial charge in [0, 0.05) is 36.5 Å². The molecule has 0 aliphatic carbocycles. The van der Waals surface area contributed by atoms with E-state index in [4.69, 9.17) is 19.6 Å². The Balaban J connectivity index is 1.66. The Bertz CT molecular complexity index is 1380. The summed E-state index contributed by atoms with van der Waals surface area (Å²) in [5.41, 5.74) is 6.23. The normalized spacial score (nSPS) is 15.6. The van der Waals surface area contributed by atoms with Gasteiger partial charge in [0.15, 0.2) is 5.76 Å². The number of hydrogen-bond donors (Lipinski definition) is 2. The van der Waals surface area contributed by atoms with Crippen molar-refractivity contribution in [2.45, 2.75) is 31.6 Å². The number of carbonyl (C=O) groups is 1. The largest absolute Gasteiger partial charge is 0.494 e. The Hall–Kier alpha value is -3.90. The molecule has 1 saturated heterocycles. The Morgan fingerprint density at radius 1 is 1.26 bits per heavy atom. The van der Waals surface area contributed by atoms with E-state index in [-0.39, 0.29) is 41.3 Å². The molecule has 0 radical (unpaired) electrons. The number of hydrogen-bond acceptors (Lipinski definition) is 8. The summed E-state index contributed by atoms with van der Waals surface area (Å²) in [7, 11) is 1.35. The first-order valence-electron chi connectivity index (χ1n) is 12.3. The number of benzene rings is 1. The fourth-order valence-electron chi connectivity index (χ4n) is 4.32. The lowest BCUT2D eigenvalue weighted by Crippen LogP contribution is -2.43. The number of halogens is 3. The summed E-state index contributed by atoms with van der Waals surface area (Å²) in [6, 6.07) is 4.27. The van der Waals surface area contributed by atoms with Crippen molar-refractivity contribution in [3.05, 3.63) is 60.6 Å². The van der Waals surface area contributed by atoms with Gasteiger partial charge in [0.05, 0.1) is 32.1 Å². The molecule has 0 spiro atoms. The van der Waals surface area contributed by atoms with E-state index in [9.17, 15) is 18.0 Å². The Labute approximate surface area is 223 Å². The van der Waals surface area contributed by atoms with Gasteiger partial charge in [-0.2, -0.15) is 13.2 Å². The number of ether oxygens (including phenoxy) is 2. The Morgan fingerprint density at radius 2 is 1.97 bits per heavy atom. The highest BCUT2D eigenvalue weighted by atomic mass is 19.4. The standard InChI is InChI=1S/C27H30F3N5O4/c1-5-19(31)25-23(16(3)32-15(2)14-22(36)35-10-12-38-13-11-35)34-26(39-25)18-6-8-20(37-4)24-17(18)7-9-21(33-24)27(28,29)30/h5-9,15,19,32H,1,3,10-14,31H2,2,4H3/t15-,19-/m0/s1. The molecular weight excluding hydrogens is 515 g/mol. The Kier molecular flexibility index (Phi) is 8.26. The van der Waals surface area contributed by atoms with Crippen molar-refractivity contribution in [3.8, 4) is 17.2 Å². The molecule has 0 unspecified atom stereocenters. The van der Waals surface area contributed by atoms with Crippen molar-refractivity contribution in [1.29, 1.82) is 0 Å². The third kappa shape index (κ3) is 6.07. The number of rotatable bonds is 9. The van der Waals surface area contributed by atoms with E-state index in [1.54, 1.807) is 11.0 Å². The molecule has 9 nitrogen and oxygen atoms in total. The first kappa shape index (κ1) is 28.1. The van der Waals surface area contributed by atoms with Crippen LogP contribution >= 0.6 is 0 Å². The van der Waals surface area contributed by atoms with Gasteiger partial charge in [-0.05, 0) is 31.2 Å². The van der Waals surface area contributed by atoms with Gasteiger partial charge in [-0.3, -0.25) is 4.79 Å². The van der Waals surface area contributed by atoms with Crippen LogP contribution in [0.3, 0.4) is 0 Å². The number of pyridine rings is 1. The lowest BCUT2D eigenvalue weighted by molar-refractivity contribution is -0.141. The number of carbonyl (C=O) groups excluding carboxylic acids is 1. The second-order valence-electron chi connectivity index (χ2n) is 9.12. The van der Waals surface area contributed by atoms with Crippen molar-refractivity contribution in [2.24, 2.45) is 5.73 Å². The van der Waals surface area contributed by atoms with Gasteiger partial charge >= 0.3 is 6.18 Å². The topological polar surface area (TPSA) is 116 Å². The van der Waals surface area contributed by atoms with Crippen LogP contribution in [0.2, 0.25) is 0 Å². The van der Waals surface area contributed by atoms with Crippen LogP contribution in [-0.2, 0) is 15.7 Å². The summed E-state index contributed by atoms with van der Waals surface area (Å²) in [6.45, 7) is 11.8. The second kappa shape index (κ2) is 11.5. The van der Waals surface area contributed by atoms with Crippen LogP contribution in [0, 0.1) is 0 Å². The number of nitrogens with one attached hydrogen (secondary N) is 1. The molecular formula is C27H30F3N5O4. The highest BCUT2D eigenvalue weighted by Crippen LogP contribution is 2.38. The summed E-state index contributed by atoms with van der Waals surface area (Å²) in [5.74, 6) is 0.518. The lowest BCUT2D eigenvalue weighted by Gasteiger charge is -2.28. The maximum Gasteiger partial charge on any atom is 0.433 e. The maximum atomic E-state index is 13.3. The number of amides is 1. The number of alkyl halides is 3. The third-order valence-electron chi connectivity index (χ3n) is 6.32. The zero-order chi connectivity index (χ0) is 28.3. The van der Waals surface area contributed by atoms with Crippen LogP contribution in [0.5, 0.6) is 5.75 Å². The first-order chi connectivity index (χ1) is 18.5. The van der Waals surface area contributed by atoms with Crippen molar-refractivity contribution in [3.63, 3.8) is 0 Å². The van der Waals surface area contributed by atoms with E-state index in [0.717, 1.165) is 6.07 Å². The molecule has 2 aromatic heterocycles. The molecule has 1 aliphatic rings. The fraction of sp³-hybridized carbons (Fsp3) is 0.370. The number of fused-ring (bicyclic) bond motifs is 1. The minimum atomic E-state index is -4.63. The monoisotopic (exact) mass is 545 g/mol. The maximum absolute atomic E-state index is 13.3. The van der Waals surface area contributed by atoms with Gasteiger partial charge in [0.1, 0.15) is 22.7 Å². The molecule has 1 aliphatic heterocycles. The molecule has 12 heteroatoms. The minimum absolute atomic E-state index is 0.00587. The zero-order valence-corrected chi connectivity index (χ0v) is 21.7. The van der Waals surface area contributed by atoms with E-state index in [0.29, 0.717) is 48.6 Å². The summed E-state index contributed by atoms with van der Waals surface area (Å²) in [5, 5.41) is 3.53. The van der Waals surface area contributed by atoms with Crippen LogP contribution < -0.4 is 15.8 Å². The van der Waals surface area contributed by atoms with E-state index < -0.39 is 17.9 Å². The summed E-state index contributed by atoms with van der Waals surface area (Å²) in [6.07, 6.45) is -2.93. The number of morpholine rings is 1. The number of nitrogens with two attached hydrogens (primary N) is 1. The third-order valence-corrected chi connectivity index (χ3v) is 6.32. The molecule has 3 aromatic rings. The van der Waals surface area contributed by atoms with Crippen LogP contribution in [-0.4, -0.2) is 60.2 Å². The molecule has 0 bridgehead atoms. The smallest absolute Gasteiger partial charge is 0.433 e. The molecule has 3 heterocycles. The van der Waals surface area contributed by atoms with E-state index in [1.165, 1.54) is 25.3 Å². The average Bonchev–Trinajstić information content (AvgIpc) is 3.37. The van der Waals surface area contributed by atoms with Gasteiger partial charge < -0.3 is 29.8 Å². The molecule has 3 N–H and O–H groups in total. The van der Waals surface area contributed by atoms with Crippen molar-refractivity contribution >= 4 is 22.5 Å². The molecule has 4 rings (SSSR count). The average molecular weight is 546 g/mol. The lowest BCUT2D eigenvalue weighted by atomic mass is 10.1. The van der Waals surface area contributed by atoms with E-state index >= 15 is 0 Å². The fourth-order valence-corrected chi connectivity index (χ4v) is 4.32. The first-order valence-corrected chi connectivity index (χ1v) is 12.3. The summed E-state index contributed by atoms with van der Waals surface area (Å²) in [4.78, 5) is 22.8. The van der Waals surface area contributed by atoms with Crippen LogP contribution in [0.15, 0.2) is 47.9 Å². The second-order valence-corrected chi connectivity index (χ2v) is 9.12. The number of methoxy groups -OCH3 is 1. The predicted octanol–water partition coefficient (Wildman–Crippen LogP) is 4.30. The molecule has 1 amide bonds. The summed E-state index contributed by atoms with van der Waals surface area (Å²) < 4.78 is 56.6. The quantitative estimate of drug-likeness (QED) is 0.383. The minimum Gasteiger partial charge on any atom is -0.494 e. The molecule has 208 valence electrons. The van der Waals surface area contributed by atoms with Crippen molar-refractivity contribution in [2.75, 3.05) is 33.4 Å². The molecule has 1 aromatic carbocycles. The van der Waals surface area contributed by atoms with Crippen LogP contribution in [0.1, 0.15) is 36.5 Å². The van der Waals surface area contributed by atoms with Gasteiger partial charge in [-0.1, -0.05) is 12.7 Å². The zero-order valence-electron chi connectivity index (χ0n) is 21.7. The highest BCUT2D eigenvalue weighted by molar-refractivity contribution is 5.96. The van der Waals surface area contributed by atoms with Crippen LogP contribution in [0.4, 0.5) is 13.2 Å².